The molecule has 0 spiro atoms. The molecule has 0 unspecified atom stereocenters. The maximum absolute atomic E-state index is 12.0. The lowest BCUT2D eigenvalue weighted by atomic mass is 10.0. The Morgan fingerprint density at radius 1 is 1.45 bits per heavy atom. The second kappa shape index (κ2) is 8.52. The van der Waals surface area contributed by atoms with E-state index >= 15 is 0 Å². The van der Waals surface area contributed by atoms with Gasteiger partial charge in [-0.1, -0.05) is 13.8 Å². The minimum atomic E-state index is -0.594. The molecule has 1 fully saturated rings. The first-order valence-corrected chi connectivity index (χ1v) is 8.34. The maximum atomic E-state index is 12.0. The van der Waals surface area contributed by atoms with E-state index in [0.717, 1.165) is 12.2 Å². The predicted molar refractivity (Wildman–Crippen MR) is 81.5 cm³/mol. The van der Waals surface area contributed by atoms with E-state index in [-0.39, 0.29) is 17.8 Å². The second-order valence-corrected chi connectivity index (χ2v) is 6.86. The van der Waals surface area contributed by atoms with Crippen molar-refractivity contribution >= 4 is 23.6 Å². The van der Waals surface area contributed by atoms with Gasteiger partial charge < -0.3 is 15.8 Å². The number of rotatable bonds is 7. The molecule has 0 aliphatic carbocycles. The van der Waals surface area contributed by atoms with Gasteiger partial charge in [-0.15, -0.1) is 0 Å². The van der Waals surface area contributed by atoms with Gasteiger partial charge in [0.05, 0.1) is 12.6 Å². The third-order valence-electron chi connectivity index (χ3n) is 3.43. The highest BCUT2D eigenvalue weighted by Crippen LogP contribution is 2.29. The normalized spacial score (nSPS) is 21.6. The Hall–Kier alpha value is -0.750. The zero-order valence-electron chi connectivity index (χ0n) is 12.6. The molecule has 3 N–H and O–H groups in total. The van der Waals surface area contributed by atoms with Crippen LogP contribution in [0.2, 0.25) is 0 Å². The van der Waals surface area contributed by atoms with Crippen LogP contribution >= 0.6 is 11.8 Å². The molecule has 3 atom stereocenters. The summed E-state index contributed by atoms with van der Waals surface area (Å²) < 4.78 is 5.05. The highest BCUT2D eigenvalue weighted by Gasteiger charge is 2.29. The van der Waals surface area contributed by atoms with Gasteiger partial charge in [0.15, 0.2) is 0 Å². The molecular weight excluding hydrogens is 276 g/mol. The van der Waals surface area contributed by atoms with Crippen molar-refractivity contribution in [2.75, 3.05) is 12.4 Å². The lowest BCUT2D eigenvalue weighted by Gasteiger charge is -2.23. The second-order valence-electron chi connectivity index (χ2n) is 5.45. The fraction of sp³-hybridized carbons (Fsp3) is 0.857. The molecule has 20 heavy (non-hydrogen) atoms. The van der Waals surface area contributed by atoms with E-state index in [0.29, 0.717) is 18.3 Å². The van der Waals surface area contributed by atoms with Crippen LogP contribution in [0.1, 0.15) is 40.0 Å². The third kappa shape index (κ3) is 5.32. The average Bonchev–Trinajstić information content (AvgIpc) is 2.90. The maximum Gasteiger partial charge on any atom is 0.328 e. The number of nitrogens with one attached hydrogen (secondary N) is 1. The Bertz CT molecular complexity index is 330. The summed E-state index contributed by atoms with van der Waals surface area (Å²) in [5.41, 5.74) is 5.82. The number of thioether (sulfide) groups is 1. The topological polar surface area (TPSA) is 81.4 Å². The standard InChI is InChI=1S/C14H26N2O3S/c1-4-19-14(18)11(8-10-6-5-7-20-10)16-13(17)12(15)9(2)3/h9-12H,4-8,15H2,1-3H3,(H,16,17)/t10-,11+,12+/m1/s1. The largest absolute Gasteiger partial charge is 0.464 e. The van der Waals surface area contributed by atoms with Crippen LogP contribution in [0.15, 0.2) is 0 Å². The van der Waals surface area contributed by atoms with Gasteiger partial charge in [0.25, 0.3) is 0 Å². The molecule has 1 aliphatic heterocycles. The molecule has 1 heterocycles. The van der Waals surface area contributed by atoms with Gasteiger partial charge in [0.2, 0.25) is 5.91 Å². The average molecular weight is 302 g/mol. The van der Waals surface area contributed by atoms with Gasteiger partial charge in [-0.25, -0.2) is 4.79 Å². The van der Waals surface area contributed by atoms with Crippen LogP contribution in [-0.4, -0.2) is 41.6 Å². The van der Waals surface area contributed by atoms with Crippen molar-refractivity contribution in [1.82, 2.24) is 5.32 Å². The number of hydrogen-bond acceptors (Lipinski definition) is 5. The SMILES string of the molecule is CCOC(=O)[C@H](C[C@H]1CCCS1)NC(=O)[C@@H](N)C(C)C. The zero-order valence-corrected chi connectivity index (χ0v) is 13.4. The van der Waals surface area contributed by atoms with Gasteiger partial charge in [-0.2, -0.15) is 11.8 Å². The van der Waals surface area contributed by atoms with E-state index in [1.807, 2.05) is 25.6 Å². The first kappa shape index (κ1) is 17.3. The molecule has 0 bridgehead atoms. The molecule has 1 aliphatic rings. The number of hydrogen-bond donors (Lipinski definition) is 2. The third-order valence-corrected chi connectivity index (χ3v) is 4.86. The summed E-state index contributed by atoms with van der Waals surface area (Å²) in [6, 6.07) is -1.17. The summed E-state index contributed by atoms with van der Waals surface area (Å²) in [5, 5.41) is 3.17. The van der Waals surface area contributed by atoms with Crippen molar-refractivity contribution in [1.29, 1.82) is 0 Å². The number of amides is 1. The number of carbonyl (C=O) groups excluding carboxylic acids is 2. The van der Waals surface area contributed by atoms with Gasteiger partial charge in [-0.05, 0) is 37.9 Å². The van der Waals surface area contributed by atoms with Crippen LogP contribution in [-0.2, 0) is 14.3 Å². The quantitative estimate of drug-likeness (QED) is 0.693. The summed E-state index contributed by atoms with van der Waals surface area (Å²) in [6.45, 7) is 5.85. The van der Waals surface area contributed by atoms with Gasteiger partial charge in [-0.3, -0.25) is 4.79 Å². The number of esters is 1. The minimum absolute atomic E-state index is 0.0405. The van der Waals surface area contributed by atoms with Crippen molar-refractivity contribution in [3.63, 3.8) is 0 Å². The summed E-state index contributed by atoms with van der Waals surface area (Å²) in [5.74, 6) is 0.531. The first-order chi connectivity index (χ1) is 9.45. The number of ether oxygens (including phenoxy) is 1. The summed E-state index contributed by atoms with van der Waals surface area (Å²) in [6.07, 6.45) is 2.89. The van der Waals surface area contributed by atoms with Crippen LogP contribution in [0.3, 0.4) is 0 Å². The van der Waals surface area contributed by atoms with Gasteiger partial charge in [0, 0.05) is 5.25 Å². The number of nitrogens with two attached hydrogens (primary N) is 1. The van der Waals surface area contributed by atoms with Crippen molar-refractivity contribution in [2.45, 2.75) is 57.4 Å². The Balaban J connectivity index is 2.61. The Morgan fingerprint density at radius 3 is 2.65 bits per heavy atom. The molecule has 116 valence electrons. The molecule has 0 aromatic rings. The van der Waals surface area contributed by atoms with E-state index in [4.69, 9.17) is 10.5 Å². The lowest BCUT2D eigenvalue weighted by Crippen LogP contribution is -2.51. The van der Waals surface area contributed by atoms with Crippen LogP contribution in [0.25, 0.3) is 0 Å². The molecule has 0 aromatic heterocycles. The molecule has 6 heteroatoms. The fourth-order valence-corrected chi connectivity index (χ4v) is 3.45. The van der Waals surface area contributed by atoms with Crippen molar-refractivity contribution in [3.05, 3.63) is 0 Å². The van der Waals surface area contributed by atoms with E-state index < -0.39 is 12.1 Å². The molecule has 0 radical (unpaired) electrons. The molecule has 0 saturated carbocycles. The lowest BCUT2D eigenvalue weighted by molar-refractivity contribution is -0.147. The van der Waals surface area contributed by atoms with E-state index in [2.05, 4.69) is 5.32 Å². The van der Waals surface area contributed by atoms with Crippen molar-refractivity contribution in [3.8, 4) is 0 Å². The Morgan fingerprint density at radius 2 is 2.15 bits per heavy atom. The summed E-state index contributed by atoms with van der Waals surface area (Å²) >= 11 is 1.86. The van der Waals surface area contributed by atoms with E-state index in [1.54, 1.807) is 6.92 Å². The minimum Gasteiger partial charge on any atom is -0.464 e. The predicted octanol–water partition coefficient (Wildman–Crippen LogP) is 1.30. The van der Waals surface area contributed by atoms with Crippen LogP contribution in [0.4, 0.5) is 0 Å². The van der Waals surface area contributed by atoms with Crippen molar-refractivity contribution < 1.29 is 14.3 Å². The van der Waals surface area contributed by atoms with E-state index in [9.17, 15) is 9.59 Å². The molecular formula is C14H26N2O3S. The van der Waals surface area contributed by atoms with Crippen molar-refractivity contribution in [2.24, 2.45) is 11.7 Å². The highest BCUT2D eigenvalue weighted by atomic mass is 32.2. The Labute approximate surface area is 125 Å². The fourth-order valence-electron chi connectivity index (χ4n) is 2.12. The zero-order chi connectivity index (χ0) is 15.1. The van der Waals surface area contributed by atoms with Gasteiger partial charge >= 0.3 is 5.97 Å². The molecule has 1 rings (SSSR count). The summed E-state index contributed by atoms with van der Waals surface area (Å²) in [7, 11) is 0. The molecule has 0 aromatic carbocycles. The molecule has 1 saturated heterocycles. The Kier molecular flexibility index (Phi) is 7.37. The highest BCUT2D eigenvalue weighted by molar-refractivity contribution is 8.00. The molecule has 1 amide bonds. The van der Waals surface area contributed by atoms with Crippen LogP contribution in [0.5, 0.6) is 0 Å². The van der Waals surface area contributed by atoms with Crippen LogP contribution in [0, 0.1) is 5.92 Å². The van der Waals surface area contributed by atoms with Crippen LogP contribution < -0.4 is 11.1 Å². The monoisotopic (exact) mass is 302 g/mol. The molecule has 5 nitrogen and oxygen atoms in total. The number of carbonyl (C=O) groups is 2. The van der Waals surface area contributed by atoms with E-state index in [1.165, 1.54) is 6.42 Å². The first-order valence-electron chi connectivity index (χ1n) is 7.29. The van der Waals surface area contributed by atoms with Gasteiger partial charge in [0.1, 0.15) is 6.04 Å². The smallest absolute Gasteiger partial charge is 0.328 e. The summed E-state index contributed by atoms with van der Waals surface area (Å²) in [4.78, 5) is 24.0.